The molecular formula is C23H31F3N4O4. The summed E-state index contributed by atoms with van der Waals surface area (Å²) in [5.41, 5.74) is 3.98. The molecule has 1 aromatic rings. The molecule has 3 amide bonds. The van der Waals surface area contributed by atoms with Crippen LogP contribution >= 0.6 is 0 Å². The van der Waals surface area contributed by atoms with E-state index in [-0.39, 0.29) is 31.4 Å². The van der Waals surface area contributed by atoms with E-state index in [9.17, 15) is 27.6 Å². The third-order valence-corrected chi connectivity index (χ3v) is 6.06. The lowest BCUT2D eigenvalue weighted by molar-refractivity contribution is -0.137. The fraction of sp³-hybridized carbons (Fsp3) is 0.609. The van der Waals surface area contributed by atoms with Gasteiger partial charge >= 0.3 is 6.18 Å². The molecular weight excluding hydrogens is 453 g/mol. The minimum atomic E-state index is -4.81. The van der Waals surface area contributed by atoms with Gasteiger partial charge in [0.05, 0.1) is 17.9 Å². The maximum atomic E-state index is 13.9. The molecule has 2 fully saturated rings. The number of rotatable bonds is 9. The van der Waals surface area contributed by atoms with Crippen LogP contribution in [0.5, 0.6) is 0 Å². The van der Waals surface area contributed by atoms with Crippen molar-refractivity contribution in [2.45, 2.75) is 45.3 Å². The van der Waals surface area contributed by atoms with Gasteiger partial charge in [0.2, 0.25) is 5.91 Å². The first kappa shape index (κ1) is 26.0. The fourth-order valence-electron chi connectivity index (χ4n) is 4.27. The summed E-state index contributed by atoms with van der Waals surface area (Å²) in [5, 5.41) is 2.27. The van der Waals surface area contributed by atoms with Crippen LogP contribution in [0.2, 0.25) is 0 Å². The largest absolute Gasteiger partial charge is 0.418 e. The molecule has 1 aliphatic carbocycles. The summed E-state index contributed by atoms with van der Waals surface area (Å²) in [5.74, 6) is -1.84. The van der Waals surface area contributed by atoms with Crippen LogP contribution in [0, 0.1) is 11.8 Å². The van der Waals surface area contributed by atoms with Crippen molar-refractivity contribution in [3.05, 3.63) is 23.8 Å². The van der Waals surface area contributed by atoms with E-state index in [1.165, 1.54) is 11.0 Å². The predicted molar refractivity (Wildman–Crippen MR) is 120 cm³/mol. The average Bonchev–Trinajstić information content (AvgIpc) is 2.70. The Kier molecular flexibility index (Phi) is 8.19. The van der Waals surface area contributed by atoms with E-state index in [0.29, 0.717) is 19.0 Å². The van der Waals surface area contributed by atoms with Crippen LogP contribution in [-0.4, -0.2) is 61.5 Å². The van der Waals surface area contributed by atoms with E-state index in [1.807, 2.05) is 13.8 Å². The van der Waals surface area contributed by atoms with Crippen molar-refractivity contribution < 1.29 is 32.3 Å². The summed E-state index contributed by atoms with van der Waals surface area (Å²) in [6.45, 7) is 4.85. The van der Waals surface area contributed by atoms with E-state index in [2.05, 4.69) is 5.32 Å². The van der Waals surface area contributed by atoms with Gasteiger partial charge in [-0.05, 0) is 42.9 Å². The molecule has 0 bridgehead atoms. The SMILES string of the molecule is CC(C)CN(CC1CCC1)[C@@H](C(N)=O)C(=O)Nc1ccc(N2CCOCC2=O)cc1C(F)(F)F. The summed E-state index contributed by atoms with van der Waals surface area (Å²) in [6, 6.07) is 1.84. The lowest BCUT2D eigenvalue weighted by atomic mass is 9.84. The third kappa shape index (κ3) is 6.26. The Hall–Kier alpha value is -2.66. The highest BCUT2D eigenvalue weighted by molar-refractivity contribution is 6.10. The van der Waals surface area contributed by atoms with Crippen LogP contribution < -0.4 is 16.0 Å². The van der Waals surface area contributed by atoms with Crippen molar-refractivity contribution >= 4 is 29.1 Å². The van der Waals surface area contributed by atoms with Crippen molar-refractivity contribution in [3.63, 3.8) is 0 Å². The average molecular weight is 485 g/mol. The van der Waals surface area contributed by atoms with Gasteiger partial charge in [0.1, 0.15) is 6.61 Å². The molecule has 0 aromatic heterocycles. The number of morpholine rings is 1. The highest BCUT2D eigenvalue weighted by Crippen LogP contribution is 2.38. The topological polar surface area (TPSA) is 105 Å². The molecule has 3 N–H and O–H groups in total. The zero-order valence-electron chi connectivity index (χ0n) is 19.4. The van der Waals surface area contributed by atoms with Gasteiger partial charge in [0.25, 0.3) is 11.8 Å². The Morgan fingerprint density at radius 2 is 2.00 bits per heavy atom. The minimum absolute atomic E-state index is 0.0523. The highest BCUT2D eigenvalue weighted by atomic mass is 19.4. The molecule has 2 aliphatic rings. The van der Waals surface area contributed by atoms with Crippen LogP contribution in [0.1, 0.15) is 38.7 Å². The summed E-state index contributed by atoms with van der Waals surface area (Å²) in [7, 11) is 0. The molecule has 188 valence electrons. The molecule has 1 saturated heterocycles. The van der Waals surface area contributed by atoms with Crippen molar-refractivity contribution in [3.8, 4) is 0 Å². The number of benzene rings is 1. The van der Waals surface area contributed by atoms with E-state index >= 15 is 0 Å². The Morgan fingerprint density at radius 3 is 2.53 bits per heavy atom. The second kappa shape index (κ2) is 10.7. The standard InChI is InChI=1S/C23H31F3N4O4/c1-14(2)11-29(12-15-4-3-5-15)20(21(27)32)22(33)28-18-7-6-16(10-17(18)23(24,25)26)30-8-9-34-13-19(30)31/h6-7,10,14-15,20H,3-5,8-9,11-13H2,1-2H3,(H2,27,32)(H,28,33)/t20-/m0/s1. The number of ether oxygens (including phenoxy) is 1. The van der Waals surface area contributed by atoms with Crippen molar-refractivity contribution in [2.24, 2.45) is 17.6 Å². The molecule has 34 heavy (non-hydrogen) atoms. The van der Waals surface area contributed by atoms with E-state index in [4.69, 9.17) is 10.5 Å². The molecule has 1 aromatic carbocycles. The van der Waals surface area contributed by atoms with Crippen LogP contribution in [0.15, 0.2) is 18.2 Å². The van der Waals surface area contributed by atoms with Gasteiger partial charge in [0, 0.05) is 25.3 Å². The smallest absolute Gasteiger partial charge is 0.370 e. The van der Waals surface area contributed by atoms with Gasteiger partial charge in [0.15, 0.2) is 6.04 Å². The van der Waals surface area contributed by atoms with E-state index in [0.717, 1.165) is 31.4 Å². The fourth-order valence-corrected chi connectivity index (χ4v) is 4.27. The van der Waals surface area contributed by atoms with Gasteiger partial charge in [-0.2, -0.15) is 13.2 Å². The molecule has 0 radical (unpaired) electrons. The molecule has 1 saturated carbocycles. The quantitative estimate of drug-likeness (QED) is 0.525. The van der Waals surface area contributed by atoms with E-state index < -0.39 is 41.2 Å². The minimum Gasteiger partial charge on any atom is -0.370 e. The Labute approximate surface area is 196 Å². The molecule has 1 atom stereocenters. The number of amides is 3. The van der Waals surface area contributed by atoms with Crippen molar-refractivity contribution in [1.29, 1.82) is 0 Å². The first-order valence-electron chi connectivity index (χ1n) is 11.4. The summed E-state index contributed by atoms with van der Waals surface area (Å²) in [4.78, 5) is 40.3. The second-order valence-corrected chi connectivity index (χ2v) is 9.26. The number of alkyl halides is 3. The number of nitrogens with two attached hydrogens (primary N) is 1. The number of hydrogen-bond acceptors (Lipinski definition) is 5. The van der Waals surface area contributed by atoms with Gasteiger partial charge < -0.3 is 20.7 Å². The summed E-state index contributed by atoms with van der Waals surface area (Å²) < 4.78 is 46.7. The van der Waals surface area contributed by atoms with Crippen LogP contribution in [0.3, 0.4) is 0 Å². The summed E-state index contributed by atoms with van der Waals surface area (Å²) in [6.07, 6.45) is -1.79. The van der Waals surface area contributed by atoms with Gasteiger partial charge in [-0.15, -0.1) is 0 Å². The highest BCUT2D eigenvalue weighted by Gasteiger charge is 2.38. The molecule has 3 rings (SSSR count). The zero-order chi connectivity index (χ0) is 25.0. The molecule has 11 heteroatoms. The first-order chi connectivity index (χ1) is 16.0. The monoisotopic (exact) mass is 484 g/mol. The lowest BCUT2D eigenvalue weighted by Gasteiger charge is -2.36. The molecule has 1 heterocycles. The lowest BCUT2D eigenvalue weighted by Crippen LogP contribution is -2.54. The van der Waals surface area contributed by atoms with Gasteiger partial charge in [-0.25, -0.2) is 0 Å². The molecule has 0 spiro atoms. The van der Waals surface area contributed by atoms with Gasteiger partial charge in [-0.3, -0.25) is 19.3 Å². The first-order valence-corrected chi connectivity index (χ1v) is 11.4. The second-order valence-electron chi connectivity index (χ2n) is 9.26. The maximum absolute atomic E-state index is 13.9. The van der Waals surface area contributed by atoms with Crippen LogP contribution in [-0.2, 0) is 25.3 Å². The summed E-state index contributed by atoms with van der Waals surface area (Å²) >= 11 is 0. The van der Waals surface area contributed by atoms with Crippen LogP contribution in [0.25, 0.3) is 0 Å². The number of anilines is 2. The number of nitrogens with one attached hydrogen (secondary N) is 1. The number of carbonyl (C=O) groups is 3. The number of nitrogens with zero attached hydrogens (tertiary/aromatic N) is 2. The zero-order valence-corrected chi connectivity index (χ0v) is 19.4. The maximum Gasteiger partial charge on any atom is 0.418 e. The Balaban J connectivity index is 1.87. The van der Waals surface area contributed by atoms with Gasteiger partial charge in [-0.1, -0.05) is 20.3 Å². The normalized spacial score (nSPS) is 18.2. The molecule has 0 unspecified atom stereocenters. The van der Waals surface area contributed by atoms with Crippen LogP contribution in [0.4, 0.5) is 24.5 Å². The van der Waals surface area contributed by atoms with E-state index in [1.54, 1.807) is 4.90 Å². The predicted octanol–water partition coefficient (Wildman–Crippen LogP) is 2.62. The Morgan fingerprint density at radius 1 is 1.29 bits per heavy atom. The number of primary amides is 1. The number of hydrogen-bond donors (Lipinski definition) is 2. The number of halogens is 3. The van der Waals surface area contributed by atoms with Crippen molar-refractivity contribution in [1.82, 2.24) is 4.90 Å². The van der Waals surface area contributed by atoms with Crippen molar-refractivity contribution in [2.75, 3.05) is 43.1 Å². The number of carbonyl (C=O) groups excluding carboxylic acids is 3. The third-order valence-electron chi connectivity index (χ3n) is 6.06. The molecule has 1 aliphatic heterocycles. The Bertz CT molecular complexity index is 918. The molecule has 8 nitrogen and oxygen atoms in total.